The maximum absolute atomic E-state index is 11.7. The van der Waals surface area contributed by atoms with Gasteiger partial charge in [0.05, 0.1) is 0 Å². The standard InChI is InChI=1S/C16H17NO2S2/c1-20-12-4-2-11(3-5-12)10-17-8-6-14-13(7-9-21-14)15(17)16(18)19/h2-5,7,9,15H,6,8,10H2,1H3,(H,18,19). The number of hydrogen-bond acceptors (Lipinski definition) is 4. The van der Waals surface area contributed by atoms with Crippen molar-refractivity contribution < 1.29 is 9.90 Å². The molecule has 1 atom stereocenters. The zero-order valence-corrected chi connectivity index (χ0v) is 13.4. The second kappa shape index (κ2) is 6.22. The molecule has 3 nitrogen and oxygen atoms in total. The lowest BCUT2D eigenvalue weighted by molar-refractivity contribution is -0.144. The Balaban J connectivity index is 1.82. The van der Waals surface area contributed by atoms with Crippen LogP contribution in [0.2, 0.25) is 0 Å². The smallest absolute Gasteiger partial charge is 0.325 e. The maximum Gasteiger partial charge on any atom is 0.325 e. The summed E-state index contributed by atoms with van der Waals surface area (Å²) in [7, 11) is 0. The van der Waals surface area contributed by atoms with Crippen molar-refractivity contribution >= 4 is 29.1 Å². The molecule has 3 rings (SSSR count). The number of thiophene rings is 1. The van der Waals surface area contributed by atoms with Gasteiger partial charge in [-0.1, -0.05) is 12.1 Å². The molecule has 1 aliphatic rings. The molecule has 1 aromatic heterocycles. The van der Waals surface area contributed by atoms with Gasteiger partial charge in [-0.2, -0.15) is 0 Å². The van der Waals surface area contributed by atoms with Crippen molar-refractivity contribution in [3.05, 3.63) is 51.7 Å². The molecule has 0 radical (unpaired) electrons. The lowest BCUT2D eigenvalue weighted by atomic mass is 9.99. The van der Waals surface area contributed by atoms with Gasteiger partial charge in [-0.15, -0.1) is 23.1 Å². The van der Waals surface area contributed by atoms with E-state index >= 15 is 0 Å². The van der Waals surface area contributed by atoms with E-state index in [2.05, 4.69) is 35.4 Å². The SMILES string of the molecule is CSc1ccc(CN2CCc3sccc3C2C(=O)O)cc1. The molecule has 1 aromatic carbocycles. The lowest BCUT2D eigenvalue weighted by Gasteiger charge is -2.33. The van der Waals surface area contributed by atoms with Gasteiger partial charge in [0.15, 0.2) is 0 Å². The fourth-order valence-electron chi connectivity index (χ4n) is 2.79. The third kappa shape index (κ3) is 3.00. The Morgan fingerprint density at radius 3 is 2.81 bits per heavy atom. The number of thioether (sulfide) groups is 1. The molecule has 5 heteroatoms. The number of nitrogens with zero attached hydrogens (tertiary/aromatic N) is 1. The number of fused-ring (bicyclic) bond motifs is 1. The molecule has 2 aromatic rings. The quantitative estimate of drug-likeness (QED) is 0.873. The van der Waals surface area contributed by atoms with E-state index in [1.54, 1.807) is 23.1 Å². The molecule has 2 heterocycles. The van der Waals surface area contributed by atoms with Crippen molar-refractivity contribution in [1.82, 2.24) is 4.90 Å². The zero-order valence-electron chi connectivity index (χ0n) is 11.8. The minimum Gasteiger partial charge on any atom is -0.480 e. The van der Waals surface area contributed by atoms with Crippen molar-refractivity contribution in [1.29, 1.82) is 0 Å². The number of carbonyl (C=O) groups is 1. The molecule has 110 valence electrons. The monoisotopic (exact) mass is 319 g/mol. The zero-order chi connectivity index (χ0) is 14.8. The summed E-state index contributed by atoms with van der Waals surface area (Å²) in [6.07, 6.45) is 3.00. The molecular formula is C16H17NO2S2. The third-order valence-corrected chi connectivity index (χ3v) is 5.58. The summed E-state index contributed by atoms with van der Waals surface area (Å²) in [5.41, 5.74) is 2.14. The maximum atomic E-state index is 11.7. The normalized spacial score (nSPS) is 18.4. The van der Waals surface area contributed by atoms with Gasteiger partial charge >= 0.3 is 5.97 Å². The van der Waals surface area contributed by atoms with Crippen LogP contribution in [0.15, 0.2) is 40.6 Å². The molecule has 0 saturated heterocycles. The number of hydrogen-bond donors (Lipinski definition) is 1. The highest BCUT2D eigenvalue weighted by molar-refractivity contribution is 7.98. The van der Waals surface area contributed by atoms with E-state index in [0.29, 0.717) is 6.54 Å². The van der Waals surface area contributed by atoms with Crippen molar-refractivity contribution in [3.63, 3.8) is 0 Å². The molecule has 1 unspecified atom stereocenters. The molecule has 1 N–H and O–H groups in total. The van der Waals surface area contributed by atoms with E-state index in [0.717, 1.165) is 24.1 Å². The van der Waals surface area contributed by atoms with Crippen molar-refractivity contribution in [3.8, 4) is 0 Å². The van der Waals surface area contributed by atoms with Crippen molar-refractivity contribution in [2.45, 2.75) is 23.9 Å². The highest BCUT2D eigenvalue weighted by Gasteiger charge is 2.33. The van der Waals surface area contributed by atoms with Crippen LogP contribution in [0.4, 0.5) is 0 Å². The topological polar surface area (TPSA) is 40.5 Å². The average molecular weight is 319 g/mol. The van der Waals surface area contributed by atoms with Gasteiger partial charge in [-0.05, 0) is 47.4 Å². The van der Waals surface area contributed by atoms with Gasteiger partial charge in [0, 0.05) is 22.9 Å². The van der Waals surface area contributed by atoms with E-state index in [9.17, 15) is 9.90 Å². The summed E-state index contributed by atoms with van der Waals surface area (Å²) in [4.78, 5) is 16.2. The van der Waals surface area contributed by atoms with Gasteiger partial charge in [0.2, 0.25) is 0 Å². The molecule has 1 aliphatic heterocycles. The second-order valence-electron chi connectivity index (χ2n) is 5.11. The molecular weight excluding hydrogens is 302 g/mol. The fourth-order valence-corrected chi connectivity index (χ4v) is 4.11. The Hall–Kier alpha value is -1.30. The molecule has 0 saturated carbocycles. The van der Waals surface area contributed by atoms with Crippen LogP contribution >= 0.6 is 23.1 Å². The second-order valence-corrected chi connectivity index (χ2v) is 6.99. The Kier molecular flexibility index (Phi) is 4.33. The van der Waals surface area contributed by atoms with E-state index < -0.39 is 12.0 Å². The molecule has 0 amide bonds. The van der Waals surface area contributed by atoms with Crippen molar-refractivity contribution in [2.75, 3.05) is 12.8 Å². The van der Waals surface area contributed by atoms with Crippen LogP contribution in [-0.2, 0) is 17.8 Å². The summed E-state index contributed by atoms with van der Waals surface area (Å²) in [5, 5.41) is 11.6. The average Bonchev–Trinajstić information content (AvgIpc) is 2.95. The minimum absolute atomic E-state index is 0.514. The van der Waals surface area contributed by atoms with Gasteiger partial charge in [0.25, 0.3) is 0 Å². The number of carboxylic acid groups (broad SMARTS) is 1. The van der Waals surface area contributed by atoms with Gasteiger partial charge in [-0.25, -0.2) is 0 Å². The van der Waals surface area contributed by atoms with Gasteiger partial charge in [-0.3, -0.25) is 9.69 Å². The van der Waals surface area contributed by atoms with Gasteiger partial charge in [0.1, 0.15) is 6.04 Å². The first-order chi connectivity index (χ1) is 10.2. The minimum atomic E-state index is -0.755. The Bertz CT molecular complexity index is 636. The lowest BCUT2D eigenvalue weighted by Crippen LogP contribution is -2.38. The van der Waals surface area contributed by atoms with E-state index in [4.69, 9.17) is 0 Å². The molecule has 0 bridgehead atoms. The first-order valence-electron chi connectivity index (χ1n) is 6.85. The third-order valence-electron chi connectivity index (χ3n) is 3.84. The van der Waals surface area contributed by atoms with Crippen LogP contribution < -0.4 is 0 Å². The molecule has 0 spiro atoms. The Labute approximate surface area is 132 Å². The van der Waals surface area contributed by atoms with E-state index in [1.807, 2.05) is 11.4 Å². The van der Waals surface area contributed by atoms with E-state index in [-0.39, 0.29) is 0 Å². The van der Waals surface area contributed by atoms with Crippen molar-refractivity contribution in [2.24, 2.45) is 0 Å². The predicted octanol–water partition coefficient (Wildman–Crippen LogP) is 3.65. The number of aliphatic carboxylic acids is 1. The highest BCUT2D eigenvalue weighted by atomic mass is 32.2. The van der Waals surface area contributed by atoms with Gasteiger partial charge < -0.3 is 5.11 Å². The van der Waals surface area contributed by atoms with E-state index in [1.165, 1.54) is 9.77 Å². The van der Waals surface area contributed by atoms with Crippen LogP contribution in [0.1, 0.15) is 22.0 Å². The summed E-state index contributed by atoms with van der Waals surface area (Å²) in [5.74, 6) is -0.755. The summed E-state index contributed by atoms with van der Waals surface area (Å²) in [6.45, 7) is 1.48. The first kappa shape index (κ1) is 14.6. The Morgan fingerprint density at radius 1 is 1.38 bits per heavy atom. The molecule has 21 heavy (non-hydrogen) atoms. The predicted molar refractivity (Wildman–Crippen MR) is 87.0 cm³/mol. The number of rotatable bonds is 4. The summed E-state index contributed by atoms with van der Waals surface area (Å²) < 4.78 is 0. The summed E-state index contributed by atoms with van der Waals surface area (Å²) in [6, 6.07) is 9.81. The molecule has 0 fully saturated rings. The van der Waals surface area contributed by atoms with Crippen LogP contribution in [0.5, 0.6) is 0 Å². The van der Waals surface area contributed by atoms with Crippen LogP contribution in [-0.4, -0.2) is 28.8 Å². The largest absolute Gasteiger partial charge is 0.480 e. The number of benzene rings is 1. The van der Waals surface area contributed by atoms with Crippen LogP contribution in [0.3, 0.4) is 0 Å². The number of carboxylic acids is 1. The molecule has 0 aliphatic carbocycles. The first-order valence-corrected chi connectivity index (χ1v) is 8.95. The highest BCUT2D eigenvalue weighted by Crippen LogP contribution is 2.34. The fraction of sp³-hybridized carbons (Fsp3) is 0.312. The Morgan fingerprint density at radius 2 is 2.14 bits per heavy atom. The van der Waals surface area contributed by atoms with Crippen LogP contribution in [0, 0.1) is 0 Å². The summed E-state index contributed by atoms with van der Waals surface area (Å²) >= 11 is 3.38. The van der Waals surface area contributed by atoms with Crippen LogP contribution in [0.25, 0.3) is 0 Å².